The second-order valence-electron chi connectivity index (χ2n) is 4.35. The monoisotopic (exact) mass is 276 g/mol. The van der Waals surface area contributed by atoms with E-state index in [1.54, 1.807) is 18.4 Å². The molecule has 1 aromatic carbocycles. The van der Waals surface area contributed by atoms with Crippen LogP contribution in [0.1, 0.15) is 29.3 Å². The smallest absolute Gasteiger partial charge is 0.123 e. The van der Waals surface area contributed by atoms with Gasteiger partial charge in [-0.2, -0.15) is 0 Å². The molecule has 1 heterocycles. The number of ether oxygens (including phenoxy) is 1. The maximum absolute atomic E-state index is 5.50. The van der Waals surface area contributed by atoms with E-state index in [9.17, 15) is 0 Å². The first kappa shape index (κ1) is 14.2. The minimum atomic E-state index is 0.0954. The first-order chi connectivity index (χ1) is 9.30. The van der Waals surface area contributed by atoms with Crippen molar-refractivity contribution in [3.05, 3.63) is 40.2 Å². The number of thiazole rings is 1. The Morgan fingerprint density at radius 1 is 1.32 bits per heavy atom. The van der Waals surface area contributed by atoms with E-state index >= 15 is 0 Å². The SMILES string of the molecule is CCC(OC)c1nc(-c2ccccc2)c(CNC)s1. The highest BCUT2D eigenvalue weighted by atomic mass is 32.1. The fourth-order valence-corrected chi connectivity index (χ4v) is 3.31. The zero-order chi connectivity index (χ0) is 13.7. The molecule has 0 spiro atoms. The summed E-state index contributed by atoms with van der Waals surface area (Å²) in [7, 11) is 3.71. The van der Waals surface area contributed by atoms with Crippen LogP contribution < -0.4 is 5.32 Å². The molecule has 4 heteroatoms. The number of nitrogens with zero attached hydrogens (tertiary/aromatic N) is 1. The lowest BCUT2D eigenvalue weighted by Gasteiger charge is -2.08. The largest absolute Gasteiger partial charge is 0.374 e. The molecule has 0 aliphatic carbocycles. The van der Waals surface area contributed by atoms with Gasteiger partial charge in [-0.1, -0.05) is 37.3 Å². The standard InChI is InChI=1S/C15H20N2OS/c1-4-12(18-3)15-17-14(13(19-15)10-16-2)11-8-6-5-7-9-11/h5-9,12,16H,4,10H2,1-3H3. The molecule has 1 N–H and O–H groups in total. The molecule has 0 radical (unpaired) electrons. The summed E-state index contributed by atoms with van der Waals surface area (Å²) in [6.07, 6.45) is 1.04. The van der Waals surface area contributed by atoms with Crippen LogP contribution in [-0.2, 0) is 11.3 Å². The van der Waals surface area contributed by atoms with Crippen molar-refractivity contribution in [3.63, 3.8) is 0 Å². The van der Waals surface area contributed by atoms with Crippen molar-refractivity contribution in [1.82, 2.24) is 10.3 Å². The van der Waals surface area contributed by atoms with Gasteiger partial charge in [0.15, 0.2) is 0 Å². The zero-order valence-electron chi connectivity index (χ0n) is 11.6. The molecule has 0 aliphatic heterocycles. The summed E-state index contributed by atoms with van der Waals surface area (Å²) in [4.78, 5) is 6.06. The van der Waals surface area contributed by atoms with Gasteiger partial charge in [-0.25, -0.2) is 4.98 Å². The Bertz CT molecular complexity index is 506. The van der Waals surface area contributed by atoms with E-state index in [2.05, 4.69) is 24.4 Å². The van der Waals surface area contributed by atoms with Crippen LogP contribution in [0.15, 0.2) is 30.3 Å². The molecular weight excluding hydrogens is 256 g/mol. The number of rotatable bonds is 6. The highest BCUT2D eigenvalue weighted by Crippen LogP contribution is 2.33. The van der Waals surface area contributed by atoms with E-state index in [0.29, 0.717) is 0 Å². The first-order valence-corrected chi connectivity index (χ1v) is 7.34. The Morgan fingerprint density at radius 3 is 2.63 bits per heavy atom. The Labute approximate surface area is 118 Å². The molecule has 19 heavy (non-hydrogen) atoms. The van der Waals surface area contributed by atoms with Gasteiger partial charge in [-0.3, -0.25) is 0 Å². The number of hydrogen-bond acceptors (Lipinski definition) is 4. The third-order valence-electron chi connectivity index (χ3n) is 3.03. The molecule has 3 nitrogen and oxygen atoms in total. The van der Waals surface area contributed by atoms with Crippen molar-refractivity contribution in [2.24, 2.45) is 0 Å². The van der Waals surface area contributed by atoms with E-state index in [0.717, 1.165) is 23.7 Å². The Balaban J connectivity index is 2.41. The predicted octanol–water partition coefficient (Wildman–Crippen LogP) is 3.63. The Kier molecular flexibility index (Phi) is 5.07. The number of methoxy groups -OCH3 is 1. The highest BCUT2D eigenvalue weighted by Gasteiger charge is 2.18. The van der Waals surface area contributed by atoms with Gasteiger partial charge in [-0.15, -0.1) is 11.3 Å². The molecule has 0 saturated heterocycles. The Hall–Kier alpha value is -1.23. The molecule has 102 valence electrons. The van der Waals surface area contributed by atoms with Gasteiger partial charge in [0, 0.05) is 24.1 Å². The molecule has 0 aliphatic rings. The van der Waals surface area contributed by atoms with Crippen molar-refractivity contribution in [1.29, 1.82) is 0 Å². The molecule has 1 aromatic heterocycles. The summed E-state index contributed by atoms with van der Waals surface area (Å²) in [5.41, 5.74) is 2.24. The number of aromatic nitrogens is 1. The Morgan fingerprint density at radius 2 is 2.05 bits per heavy atom. The molecule has 1 atom stereocenters. The molecule has 2 rings (SSSR count). The summed E-state index contributed by atoms with van der Waals surface area (Å²) < 4.78 is 5.50. The summed E-state index contributed by atoms with van der Waals surface area (Å²) >= 11 is 1.74. The predicted molar refractivity (Wildman–Crippen MR) is 80.4 cm³/mol. The van der Waals surface area contributed by atoms with Crippen LogP contribution in [0.4, 0.5) is 0 Å². The van der Waals surface area contributed by atoms with Crippen LogP contribution in [-0.4, -0.2) is 19.1 Å². The van der Waals surface area contributed by atoms with E-state index in [1.807, 2.05) is 25.2 Å². The number of benzene rings is 1. The van der Waals surface area contributed by atoms with Gasteiger partial charge >= 0.3 is 0 Å². The van der Waals surface area contributed by atoms with Crippen LogP contribution in [0, 0.1) is 0 Å². The van der Waals surface area contributed by atoms with E-state index in [-0.39, 0.29) is 6.10 Å². The number of hydrogen-bond donors (Lipinski definition) is 1. The maximum Gasteiger partial charge on any atom is 0.123 e. The lowest BCUT2D eigenvalue weighted by atomic mass is 10.1. The molecule has 1 unspecified atom stereocenters. The van der Waals surface area contributed by atoms with E-state index in [4.69, 9.17) is 9.72 Å². The minimum Gasteiger partial charge on any atom is -0.374 e. The second kappa shape index (κ2) is 6.80. The van der Waals surface area contributed by atoms with E-state index in [1.165, 1.54) is 10.4 Å². The average molecular weight is 276 g/mol. The lowest BCUT2D eigenvalue weighted by molar-refractivity contribution is 0.0998. The third-order valence-corrected chi connectivity index (χ3v) is 4.18. The van der Waals surface area contributed by atoms with Crippen LogP contribution in [0.25, 0.3) is 11.3 Å². The average Bonchev–Trinajstić information content (AvgIpc) is 2.86. The molecule has 0 saturated carbocycles. The minimum absolute atomic E-state index is 0.0954. The number of nitrogens with one attached hydrogen (secondary N) is 1. The van der Waals surface area contributed by atoms with Gasteiger partial charge < -0.3 is 10.1 Å². The van der Waals surface area contributed by atoms with Gasteiger partial charge in [0.05, 0.1) is 5.69 Å². The van der Waals surface area contributed by atoms with Crippen molar-refractivity contribution < 1.29 is 4.74 Å². The third kappa shape index (κ3) is 3.21. The quantitative estimate of drug-likeness (QED) is 0.875. The second-order valence-corrected chi connectivity index (χ2v) is 5.47. The zero-order valence-corrected chi connectivity index (χ0v) is 12.5. The lowest BCUT2D eigenvalue weighted by Crippen LogP contribution is -2.04. The van der Waals surface area contributed by atoms with Crippen LogP contribution >= 0.6 is 11.3 Å². The van der Waals surface area contributed by atoms with Gasteiger partial charge in [-0.05, 0) is 13.5 Å². The summed E-state index contributed by atoms with van der Waals surface area (Å²) in [6.45, 7) is 2.96. The highest BCUT2D eigenvalue weighted by molar-refractivity contribution is 7.12. The fraction of sp³-hybridized carbons (Fsp3) is 0.400. The summed E-state index contributed by atoms with van der Waals surface area (Å²) in [5.74, 6) is 0. The van der Waals surface area contributed by atoms with E-state index < -0.39 is 0 Å². The van der Waals surface area contributed by atoms with Gasteiger partial charge in [0.2, 0.25) is 0 Å². The normalized spacial score (nSPS) is 12.6. The fourth-order valence-electron chi connectivity index (χ4n) is 2.05. The topological polar surface area (TPSA) is 34.1 Å². The molecule has 0 bridgehead atoms. The maximum atomic E-state index is 5.50. The molecule has 0 fully saturated rings. The van der Waals surface area contributed by atoms with Crippen molar-refractivity contribution in [2.75, 3.05) is 14.2 Å². The van der Waals surface area contributed by atoms with Crippen LogP contribution in [0.5, 0.6) is 0 Å². The van der Waals surface area contributed by atoms with Crippen LogP contribution in [0.2, 0.25) is 0 Å². The molecule has 2 aromatic rings. The first-order valence-electron chi connectivity index (χ1n) is 6.52. The van der Waals surface area contributed by atoms with Gasteiger partial charge in [0.25, 0.3) is 0 Å². The van der Waals surface area contributed by atoms with Crippen molar-refractivity contribution in [2.45, 2.75) is 26.0 Å². The van der Waals surface area contributed by atoms with Crippen molar-refractivity contribution >= 4 is 11.3 Å². The van der Waals surface area contributed by atoms with Gasteiger partial charge in [0.1, 0.15) is 11.1 Å². The molecular formula is C15H20N2OS. The summed E-state index contributed by atoms with van der Waals surface area (Å²) in [5, 5.41) is 4.28. The van der Waals surface area contributed by atoms with Crippen molar-refractivity contribution in [3.8, 4) is 11.3 Å². The summed E-state index contributed by atoms with van der Waals surface area (Å²) in [6, 6.07) is 10.3. The molecule has 0 amide bonds. The van der Waals surface area contributed by atoms with Crippen LogP contribution in [0.3, 0.4) is 0 Å².